The molecule has 7 heteroatoms. The maximum Gasteiger partial charge on any atom is 0.276 e. The Morgan fingerprint density at radius 3 is 2.71 bits per heavy atom. The average molecular weight is 346 g/mol. The van der Waals surface area contributed by atoms with E-state index in [0.29, 0.717) is 32.8 Å². The second-order valence-corrected chi connectivity index (χ2v) is 6.60. The van der Waals surface area contributed by atoms with Crippen molar-refractivity contribution in [3.05, 3.63) is 39.7 Å². The lowest BCUT2D eigenvalue weighted by molar-refractivity contribution is 0.333. The Morgan fingerprint density at radius 2 is 2.05 bits per heavy atom. The molecule has 2 aromatic rings. The number of nitrogens with zero attached hydrogens (tertiary/aromatic N) is 2. The van der Waals surface area contributed by atoms with Gasteiger partial charge in [0.2, 0.25) is 5.89 Å². The van der Waals surface area contributed by atoms with Gasteiger partial charge in [-0.15, -0.1) is 10.2 Å². The van der Waals surface area contributed by atoms with E-state index in [-0.39, 0.29) is 6.04 Å². The van der Waals surface area contributed by atoms with E-state index in [2.05, 4.69) is 24.0 Å². The zero-order chi connectivity index (χ0) is 15.4. The first-order valence-corrected chi connectivity index (χ1v) is 8.41. The van der Waals surface area contributed by atoms with E-state index < -0.39 is 0 Å². The van der Waals surface area contributed by atoms with Gasteiger partial charge in [-0.3, -0.25) is 0 Å². The molecule has 21 heavy (non-hydrogen) atoms. The van der Waals surface area contributed by atoms with Crippen LogP contribution in [0.3, 0.4) is 0 Å². The predicted molar refractivity (Wildman–Crippen MR) is 86.7 cm³/mol. The summed E-state index contributed by atoms with van der Waals surface area (Å²) in [6.07, 6.45) is 0.968. The fourth-order valence-electron chi connectivity index (χ4n) is 1.69. The molecule has 1 aromatic heterocycles. The molecule has 114 valence electrons. The fraction of sp³-hybridized carbons (Fsp3) is 0.429. The summed E-state index contributed by atoms with van der Waals surface area (Å²) in [6, 6.07) is 5.31. The van der Waals surface area contributed by atoms with Gasteiger partial charge in [0, 0.05) is 5.75 Å². The van der Waals surface area contributed by atoms with Crippen LogP contribution in [0.15, 0.2) is 27.8 Å². The molecule has 0 radical (unpaired) electrons. The van der Waals surface area contributed by atoms with E-state index in [9.17, 15) is 0 Å². The van der Waals surface area contributed by atoms with E-state index in [1.165, 1.54) is 11.8 Å². The van der Waals surface area contributed by atoms with Crippen LogP contribution >= 0.6 is 35.0 Å². The molecular formula is C14H17Cl2N3OS. The molecule has 2 N–H and O–H groups in total. The van der Waals surface area contributed by atoms with Crippen LogP contribution in [0.2, 0.25) is 10.0 Å². The van der Waals surface area contributed by atoms with Crippen molar-refractivity contribution >= 4 is 35.0 Å². The Bertz CT molecular complexity index is 606. The zero-order valence-electron chi connectivity index (χ0n) is 11.8. The number of rotatable bonds is 6. The van der Waals surface area contributed by atoms with Crippen LogP contribution in [0.1, 0.15) is 37.8 Å². The van der Waals surface area contributed by atoms with Crippen LogP contribution in [-0.2, 0) is 5.75 Å². The van der Waals surface area contributed by atoms with Gasteiger partial charge < -0.3 is 10.2 Å². The van der Waals surface area contributed by atoms with Crippen molar-refractivity contribution in [3.63, 3.8) is 0 Å². The molecule has 2 atom stereocenters. The second-order valence-electron chi connectivity index (χ2n) is 4.85. The van der Waals surface area contributed by atoms with Crippen molar-refractivity contribution in [3.8, 4) is 0 Å². The van der Waals surface area contributed by atoms with Gasteiger partial charge in [0.15, 0.2) is 0 Å². The molecule has 0 saturated carbocycles. The minimum atomic E-state index is -0.221. The van der Waals surface area contributed by atoms with Crippen LogP contribution < -0.4 is 5.73 Å². The van der Waals surface area contributed by atoms with Gasteiger partial charge in [-0.25, -0.2) is 0 Å². The normalized spacial score (nSPS) is 14.1. The standard InChI is InChI=1S/C14H17Cl2N3OS/c1-3-8(2)12(17)13-18-19-14(20-13)21-7-9-4-5-10(15)11(16)6-9/h4-6,8,12H,3,7,17H2,1-2H3/t8-,12-/m0/s1. The van der Waals surface area contributed by atoms with Crippen LogP contribution in [0.5, 0.6) is 0 Å². The van der Waals surface area contributed by atoms with Gasteiger partial charge in [0.25, 0.3) is 5.22 Å². The Balaban J connectivity index is 1.98. The fourth-order valence-corrected chi connectivity index (χ4v) is 2.72. The van der Waals surface area contributed by atoms with Gasteiger partial charge in [-0.05, 0) is 23.6 Å². The highest BCUT2D eigenvalue weighted by Crippen LogP contribution is 2.28. The molecule has 0 aliphatic heterocycles. The molecule has 0 fully saturated rings. The van der Waals surface area contributed by atoms with Crippen LogP contribution in [-0.4, -0.2) is 10.2 Å². The first-order chi connectivity index (χ1) is 10.0. The predicted octanol–water partition coefficient (Wildman–Crippen LogP) is 4.71. The highest BCUT2D eigenvalue weighted by molar-refractivity contribution is 7.98. The molecule has 0 spiro atoms. The lowest BCUT2D eigenvalue weighted by Crippen LogP contribution is -2.18. The van der Waals surface area contributed by atoms with Gasteiger partial charge in [-0.2, -0.15) is 0 Å². The third-order valence-corrected chi connectivity index (χ3v) is 4.94. The largest absolute Gasteiger partial charge is 0.414 e. The minimum Gasteiger partial charge on any atom is -0.414 e. The van der Waals surface area contributed by atoms with Crippen molar-refractivity contribution in [2.24, 2.45) is 11.7 Å². The summed E-state index contributed by atoms with van der Waals surface area (Å²) >= 11 is 13.3. The SMILES string of the molecule is CC[C@H](C)[C@H](N)c1nnc(SCc2ccc(Cl)c(Cl)c2)o1. The van der Waals surface area contributed by atoms with Gasteiger partial charge in [0.05, 0.1) is 16.1 Å². The van der Waals surface area contributed by atoms with Crippen molar-refractivity contribution in [2.45, 2.75) is 37.3 Å². The van der Waals surface area contributed by atoms with Gasteiger partial charge in [-0.1, -0.05) is 61.3 Å². The number of nitrogens with two attached hydrogens (primary N) is 1. The topological polar surface area (TPSA) is 64.9 Å². The molecule has 1 aromatic carbocycles. The first-order valence-electron chi connectivity index (χ1n) is 6.67. The number of benzene rings is 1. The number of aromatic nitrogens is 2. The Kier molecular flexibility index (Phi) is 5.93. The maximum atomic E-state index is 6.07. The molecule has 0 aliphatic carbocycles. The maximum absolute atomic E-state index is 6.07. The molecule has 0 amide bonds. The number of thioether (sulfide) groups is 1. The Labute approximate surface area is 138 Å². The van der Waals surface area contributed by atoms with E-state index in [0.717, 1.165) is 12.0 Å². The minimum absolute atomic E-state index is 0.221. The summed E-state index contributed by atoms with van der Waals surface area (Å²) < 4.78 is 5.60. The van der Waals surface area contributed by atoms with E-state index in [1.807, 2.05) is 12.1 Å². The lowest BCUT2D eigenvalue weighted by atomic mass is 10.0. The quantitative estimate of drug-likeness (QED) is 0.767. The number of hydrogen-bond donors (Lipinski definition) is 1. The van der Waals surface area contributed by atoms with Crippen LogP contribution in [0.4, 0.5) is 0 Å². The summed E-state index contributed by atoms with van der Waals surface area (Å²) in [5, 5.41) is 9.63. The summed E-state index contributed by atoms with van der Waals surface area (Å²) in [5.74, 6) is 1.47. The molecule has 0 bridgehead atoms. The Morgan fingerprint density at radius 1 is 1.29 bits per heavy atom. The van der Waals surface area contributed by atoms with Crippen LogP contribution in [0, 0.1) is 5.92 Å². The smallest absolute Gasteiger partial charge is 0.276 e. The summed E-state index contributed by atoms with van der Waals surface area (Å²) in [5.41, 5.74) is 7.11. The summed E-state index contributed by atoms with van der Waals surface area (Å²) in [6.45, 7) is 4.15. The number of hydrogen-bond acceptors (Lipinski definition) is 5. The van der Waals surface area contributed by atoms with Crippen molar-refractivity contribution < 1.29 is 4.42 Å². The van der Waals surface area contributed by atoms with Crippen LogP contribution in [0.25, 0.3) is 0 Å². The number of halogens is 2. The zero-order valence-corrected chi connectivity index (χ0v) is 14.2. The van der Waals surface area contributed by atoms with Crippen molar-refractivity contribution in [1.29, 1.82) is 0 Å². The molecule has 0 saturated heterocycles. The molecule has 0 unspecified atom stereocenters. The highest BCUT2D eigenvalue weighted by Gasteiger charge is 2.19. The lowest BCUT2D eigenvalue weighted by Gasteiger charge is -2.13. The summed E-state index contributed by atoms with van der Waals surface area (Å²) in [4.78, 5) is 0. The summed E-state index contributed by atoms with van der Waals surface area (Å²) in [7, 11) is 0. The molecule has 1 heterocycles. The molecule has 4 nitrogen and oxygen atoms in total. The monoisotopic (exact) mass is 345 g/mol. The highest BCUT2D eigenvalue weighted by atomic mass is 35.5. The third-order valence-electron chi connectivity index (χ3n) is 3.31. The first kappa shape index (κ1) is 16.6. The van der Waals surface area contributed by atoms with E-state index in [4.69, 9.17) is 33.4 Å². The van der Waals surface area contributed by atoms with E-state index in [1.54, 1.807) is 6.07 Å². The van der Waals surface area contributed by atoms with Gasteiger partial charge in [0.1, 0.15) is 0 Å². The Hall–Kier alpha value is -0.750. The van der Waals surface area contributed by atoms with E-state index >= 15 is 0 Å². The van der Waals surface area contributed by atoms with Gasteiger partial charge >= 0.3 is 0 Å². The second kappa shape index (κ2) is 7.49. The average Bonchev–Trinajstić information content (AvgIpc) is 2.95. The molecule has 2 rings (SSSR count). The van der Waals surface area contributed by atoms with Crippen molar-refractivity contribution in [1.82, 2.24) is 10.2 Å². The molecular weight excluding hydrogens is 329 g/mol. The molecule has 0 aliphatic rings. The third kappa shape index (κ3) is 4.36. The van der Waals surface area contributed by atoms with Crippen molar-refractivity contribution in [2.75, 3.05) is 0 Å².